The van der Waals surface area contributed by atoms with Crippen molar-refractivity contribution in [3.8, 4) is 5.75 Å². The number of oxime groups is 1. The van der Waals surface area contributed by atoms with Gasteiger partial charge in [0, 0.05) is 22.7 Å². The largest absolute Gasteiger partial charge is 0.485 e. The van der Waals surface area contributed by atoms with Gasteiger partial charge in [-0.2, -0.15) is 13.2 Å². The number of hydrogen-bond acceptors (Lipinski definition) is 4. The van der Waals surface area contributed by atoms with E-state index in [9.17, 15) is 18.0 Å². The first-order valence-corrected chi connectivity index (χ1v) is 10.5. The van der Waals surface area contributed by atoms with E-state index in [2.05, 4.69) is 10.1 Å². The van der Waals surface area contributed by atoms with Gasteiger partial charge in [0.25, 0.3) is 0 Å². The molecule has 1 N–H and O–H groups in total. The van der Waals surface area contributed by atoms with Gasteiger partial charge in [0.05, 0.1) is 11.3 Å². The van der Waals surface area contributed by atoms with Crippen LogP contribution in [0.15, 0.2) is 84.1 Å². The van der Waals surface area contributed by atoms with Crippen LogP contribution in [0.5, 0.6) is 5.75 Å². The maximum absolute atomic E-state index is 12.6. The molecule has 0 aliphatic rings. The normalized spacial score (nSPS) is 12.1. The predicted molar refractivity (Wildman–Crippen MR) is 123 cm³/mol. The Morgan fingerprint density at radius 3 is 2.38 bits per heavy atom. The highest BCUT2D eigenvalue weighted by molar-refractivity contribution is 6.08. The number of benzene rings is 3. The standard InChI is InChI=1S/C26H21F3N2O3/c1-17(31-34-15-18-6-10-20(11-7-18)26(27,28)29)19-8-12-21(13-9-19)33-16-25(32)23-14-30-24-5-3-2-4-22(23)24/h2-14,30H,15-16H2,1H3/b31-17+. The number of halogens is 3. The van der Waals surface area contributed by atoms with Crippen LogP contribution in [-0.4, -0.2) is 23.1 Å². The van der Waals surface area contributed by atoms with Crippen LogP contribution < -0.4 is 4.74 Å². The van der Waals surface area contributed by atoms with Gasteiger partial charge in [0.1, 0.15) is 12.4 Å². The Kier molecular flexibility index (Phi) is 6.67. The lowest BCUT2D eigenvalue weighted by Crippen LogP contribution is -2.11. The number of fused-ring (bicyclic) bond motifs is 1. The Balaban J connectivity index is 1.30. The minimum atomic E-state index is -4.37. The highest BCUT2D eigenvalue weighted by Crippen LogP contribution is 2.29. The van der Waals surface area contributed by atoms with Gasteiger partial charge in [-0.25, -0.2) is 0 Å². The molecule has 0 bridgehead atoms. The molecule has 5 nitrogen and oxygen atoms in total. The number of nitrogens with zero attached hydrogens (tertiary/aromatic N) is 1. The molecule has 0 amide bonds. The fourth-order valence-corrected chi connectivity index (χ4v) is 3.37. The minimum absolute atomic E-state index is 0.0482. The number of aromatic nitrogens is 1. The summed E-state index contributed by atoms with van der Waals surface area (Å²) < 4.78 is 43.5. The van der Waals surface area contributed by atoms with Crippen LogP contribution in [0.4, 0.5) is 13.2 Å². The maximum atomic E-state index is 12.6. The molecule has 0 atom stereocenters. The zero-order valence-corrected chi connectivity index (χ0v) is 18.2. The number of Topliss-reactive ketones (excluding diaryl/α,β-unsaturated/α-hetero) is 1. The summed E-state index contributed by atoms with van der Waals surface area (Å²) in [5, 5.41) is 4.88. The fraction of sp³-hybridized carbons (Fsp3) is 0.154. The SMILES string of the molecule is C/C(=N\OCc1ccc(C(F)(F)F)cc1)c1ccc(OCC(=O)c2c[nH]c3ccccc23)cc1. The lowest BCUT2D eigenvalue weighted by atomic mass is 10.1. The lowest BCUT2D eigenvalue weighted by Gasteiger charge is -2.08. The predicted octanol–water partition coefficient (Wildman–Crippen LogP) is 6.39. The second-order valence-corrected chi connectivity index (χ2v) is 7.63. The third-order valence-electron chi connectivity index (χ3n) is 5.25. The van der Waals surface area contributed by atoms with Crippen molar-refractivity contribution in [1.29, 1.82) is 0 Å². The number of alkyl halides is 3. The zero-order chi connectivity index (χ0) is 24.1. The van der Waals surface area contributed by atoms with E-state index < -0.39 is 11.7 Å². The molecule has 0 radical (unpaired) electrons. The highest BCUT2D eigenvalue weighted by atomic mass is 19.4. The van der Waals surface area contributed by atoms with Crippen molar-refractivity contribution in [3.63, 3.8) is 0 Å². The third kappa shape index (κ3) is 5.46. The molecule has 0 fully saturated rings. The van der Waals surface area contributed by atoms with E-state index in [1.807, 2.05) is 24.3 Å². The monoisotopic (exact) mass is 466 g/mol. The van der Waals surface area contributed by atoms with Crippen molar-refractivity contribution in [2.75, 3.05) is 6.61 Å². The summed E-state index contributed by atoms with van der Waals surface area (Å²) in [5.74, 6) is 0.409. The van der Waals surface area contributed by atoms with Gasteiger partial charge in [-0.15, -0.1) is 0 Å². The van der Waals surface area contributed by atoms with Crippen LogP contribution in [0.3, 0.4) is 0 Å². The number of para-hydroxylation sites is 1. The van der Waals surface area contributed by atoms with Crippen molar-refractivity contribution in [2.24, 2.45) is 5.16 Å². The minimum Gasteiger partial charge on any atom is -0.485 e. The van der Waals surface area contributed by atoms with Gasteiger partial charge in [-0.3, -0.25) is 4.79 Å². The Morgan fingerprint density at radius 2 is 1.68 bits per heavy atom. The molecule has 0 saturated heterocycles. The zero-order valence-electron chi connectivity index (χ0n) is 18.2. The van der Waals surface area contributed by atoms with Crippen molar-refractivity contribution in [3.05, 3.63) is 101 Å². The van der Waals surface area contributed by atoms with Crippen molar-refractivity contribution >= 4 is 22.4 Å². The molecule has 8 heteroatoms. The van der Waals surface area contributed by atoms with E-state index in [-0.39, 0.29) is 19.0 Å². The van der Waals surface area contributed by atoms with Crippen molar-refractivity contribution in [1.82, 2.24) is 4.98 Å². The number of H-pyrrole nitrogens is 1. The molecule has 4 aromatic rings. The van der Waals surface area contributed by atoms with E-state index in [0.29, 0.717) is 22.6 Å². The Hall–Kier alpha value is -4.07. The molecule has 0 spiro atoms. The van der Waals surface area contributed by atoms with Crippen LogP contribution in [0.1, 0.15) is 34.0 Å². The van der Waals surface area contributed by atoms with Crippen LogP contribution in [-0.2, 0) is 17.6 Å². The Morgan fingerprint density at radius 1 is 0.971 bits per heavy atom. The first kappa shape index (κ1) is 23.1. The molecule has 0 saturated carbocycles. The molecule has 0 aliphatic heterocycles. The summed E-state index contributed by atoms with van der Waals surface area (Å²) in [6, 6.07) is 19.3. The molecule has 0 unspecified atom stereocenters. The van der Waals surface area contributed by atoms with E-state index in [4.69, 9.17) is 9.57 Å². The summed E-state index contributed by atoms with van der Waals surface area (Å²) in [6.45, 7) is 1.71. The number of nitrogens with one attached hydrogen (secondary N) is 1. The number of hydrogen-bond donors (Lipinski definition) is 1. The second-order valence-electron chi connectivity index (χ2n) is 7.63. The summed E-state index contributed by atoms with van der Waals surface area (Å²) in [6.07, 6.45) is -2.68. The summed E-state index contributed by atoms with van der Waals surface area (Å²) in [5.41, 5.74) is 2.72. The number of rotatable bonds is 8. The first-order valence-electron chi connectivity index (χ1n) is 10.5. The van der Waals surface area contributed by atoms with Crippen LogP contribution >= 0.6 is 0 Å². The molecule has 34 heavy (non-hydrogen) atoms. The fourth-order valence-electron chi connectivity index (χ4n) is 3.37. The summed E-state index contributed by atoms with van der Waals surface area (Å²) in [7, 11) is 0. The van der Waals surface area contributed by atoms with E-state index in [1.165, 1.54) is 12.1 Å². The molecule has 174 valence electrons. The molecule has 0 aliphatic carbocycles. The first-order chi connectivity index (χ1) is 16.3. The van der Waals surface area contributed by atoms with Crippen LogP contribution in [0, 0.1) is 0 Å². The quantitative estimate of drug-likeness (QED) is 0.186. The van der Waals surface area contributed by atoms with Gasteiger partial charge in [-0.1, -0.05) is 35.5 Å². The second kappa shape index (κ2) is 9.82. The molecule has 4 rings (SSSR count). The average Bonchev–Trinajstić information content (AvgIpc) is 3.27. The number of ketones is 1. The molecular formula is C26H21F3N2O3. The smallest absolute Gasteiger partial charge is 0.416 e. The van der Waals surface area contributed by atoms with Gasteiger partial charge >= 0.3 is 6.18 Å². The van der Waals surface area contributed by atoms with Crippen molar-refractivity contribution < 1.29 is 27.5 Å². The molecule has 3 aromatic carbocycles. The summed E-state index contributed by atoms with van der Waals surface area (Å²) >= 11 is 0. The van der Waals surface area contributed by atoms with Gasteiger partial charge < -0.3 is 14.6 Å². The lowest BCUT2D eigenvalue weighted by molar-refractivity contribution is -0.137. The van der Waals surface area contributed by atoms with E-state index in [1.54, 1.807) is 37.4 Å². The van der Waals surface area contributed by atoms with Gasteiger partial charge in [0.2, 0.25) is 5.78 Å². The Bertz CT molecular complexity index is 1310. The number of ether oxygens (including phenoxy) is 1. The summed E-state index contributed by atoms with van der Waals surface area (Å²) in [4.78, 5) is 20.9. The molecule has 1 heterocycles. The van der Waals surface area contributed by atoms with Gasteiger partial charge in [-0.05, 0) is 60.5 Å². The topological polar surface area (TPSA) is 63.7 Å². The highest BCUT2D eigenvalue weighted by Gasteiger charge is 2.29. The van der Waals surface area contributed by atoms with E-state index >= 15 is 0 Å². The number of carbonyl (C=O) groups is 1. The van der Waals surface area contributed by atoms with Crippen LogP contribution in [0.2, 0.25) is 0 Å². The van der Waals surface area contributed by atoms with Crippen LogP contribution in [0.25, 0.3) is 10.9 Å². The average molecular weight is 466 g/mol. The number of aromatic amines is 1. The van der Waals surface area contributed by atoms with Gasteiger partial charge in [0.15, 0.2) is 6.61 Å². The van der Waals surface area contributed by atoms with E-state index in [0.717, 1.165) is 28.6 Å². The molecular weight excluding hydrogens is 445 g/mol. The molecule has 1 aromatic heterocycles. The Labute approximate surface area is 193 Å². The number of carbonyl (C=O) groups excluding carboxylic acids is 1. The third-order valence-corrected chi connectivity index (χ3v) is 5.25. The maximum Gasteiger partial charge on any atom is 0.416 e. The van der Waals surface area contributed by atoms with Crippen molar-refractivity contribution in [2.45, 2.75) is 19.7 Å².